The zero-order valence-corrected chi connectivity index (χ0v) is 14.0. The quantitative estimate of drug-likeness (QED) is 0.831. The fraction of sp³-hybridized carbons (Fsp3) is 0.412. The molecule has 0 aliphatic rings. The summed E-state index contributed by atoms with van der Waals surface area (Å²) >= 11 is 0. The Morgan fingerprint density at radius 2 is 1.91 bits per heavy atom. The molecule has 118 valence electrons. The van der Waals surface area contributed by atoms with Gasteiger partial charge in [0.25, 0.3) is 0 Å². The lowest BCUT2D eigenvalue weighted by molar-refractivity contribution is 0.330. The molecule has 0 amide bonds. The second kappa shape index (κ2) is 7.11. The lowest BCUT2D eigenvalue weighted by atomic mass is 10.1. The second-order valence-corrected chi connectivity index (χ2v) is 5.64. The molecule has 0 saturated carbocycles. The van der Waals surface area contributed by atoms with Gasteiger partial charge in [0.05, 0.1) is 6.54 Å². The van der Waals surface area contributed by atoms with E-state index in [4.69, 9.17) is 4.74 Å². The largest absolute Gasteiger partial charge is 0.491 e. The van der Waals surface area contributed by atoms with Crippen molar-refractivity contribution in [1.29, 1.82) is 0 Å². The summed E-state index contributed by atoms with van der Waals surface area (Å²) in [6.07, 6.45) is 1.83. The standard InChI is InChI=1S/C17H24N4O/c1-12-6-7-13(2)15(10-12)22-9-8-18-17-19-11-14(3)16(20-17)21(4)5/h6-7,10-11H,8-9H2,1-5H3,(H,18,19,20). The van der Waals surface area contributed by atoms with E-state index >= 15 is 0 Å². The lowest BCUT2D eigenvalue weighted by Gasteiger charge is -2.15. The number of nitrogens with one attached hydrogen (secondary N) is 1. The molecule has 5 heteroatoms. The Bertz CT molecular complexity index is 641. The van der Waals surface area contributed by atoms with Crippen molar-refractivity contribution in [2.24, 2.45) is 0 Å². The Balaban J connectivity index is 1.89. The van der Waals surface area contributed by atoms with Gasteiger partial charge < -0.3 is 15.0 Å². The molecule has 5 nitrogen and oxygen atoms in total. The van der Waals surface area contributed by atoms with Crippen LogP contribution in [0.2, 0.25) is 0 Å². The first-order valence-corrected chi connectivity index (χ1v) is 7.42. The number of benzene rings is 1. The van der Waals surface area contributed by atoms with E-state index in [0.29, 0.717) is 19.1 Å². The molecule has 0 aliphatic heterocycles. The molecule has 0 unspecified atom stereocenters. The zero-order valence-electron chi connectivity index (χ0n) is 14.0. The highest BCUT2D eigenvalue weighted by Gasteiger charge is 2.05. The highest BCUT2D eigenvalue weighted by molar-refractivity contribution is 5.47. The first-order chi connectivity index (χ1) is 10.5. The molecule has 0 radical (unpaired) electrons. The van der Waals surface area contributed by atoms with Gasteiger partial charge in [-0.15, -0.1) is 0 Å². The summed E-state index contributed by atoms with van der Waals surface area (Å²) in [5.74, 6) is 2.48. The summed E-state index contributed by atoms with van der Waals surface area (Å²) in [4.78, 5) is 10.8. The molecule has 0 saturated heterocycles. The van der Waals surface area contributed by atoms with E-state index in [-0.39, 0.29) is 0 Å². The third kappa shape index (κ3) is 4.10. The van der Waals surface area contributed by atoms with E-state index in [2.05, 4.69) is 47.3 Å². The summed E-state index contributed by atoms with van der Waals surface area (Å²) in [5.41, 5.74) is 3.40. The summed E-state index contributed by atoms with van der Waals surface area (Å²) in [7, 11) is 3.95. The number of anilines is 2. The van der Waals surface area contributed by atoms with Crippen LogP contribution in [-0.2, 0) is 0 Å². The van der Waals surface area contributed by atoms with Gasteiger partial charge in [-0.05, 0) is 38.0 Å². The molecule has 0 spiro atoms. The molecule has 1 aromatic carbocycles. The van der Waals surface area contributed by atoms with E-state index in [0.717, 1.165) is 22.7 Å². The van der Waals surface area contributed by atoms with Crippen LogP contribution < -0.4 is 15.0 Å². The van der Waals surface area contributed by atoms with Gasteiger partial charge in [0, 0.05) is 25.9 Å². The second-order valence-electron chi connectivity index (χ2n) is 5.64. The fourth-order valence-corrected chi connectivity index (χ4v) is 2.16. The minimum atomic E-state index is 0.568. The predicted molar refractivity (Wildman–Crippen MR) is 91.0 cm³/mol. The number of nitrogens with zero attached hydrogens (tertiary/aromatic N) is 3. The van der Waals surface area contributed by atoms with Crippen molar-refractivity contribution in [3.8, 4) is 5.75 Å². The maximum Gasteiger partial charge on any atom is 0.224 e. The minimum absolute atomic E-state index is 0.568. The van der Waals surface area contributed by atoms with Crippen LogP contribution in [0.15, 0.2) is 24.4 Å². The summed E-state index contributed by atoms with van der Waals surface area (Å²) in [6, 6.07) is 6.22. The maximum atomic E-state index is 5.81. The average molecular weight is 300 g/mol. The van der Waals surface area contributed by atoms with Crippen LogP contribution in [0.4, 0.5) is 11.8 Å². The van der Waals surface area contributed by atoms with Crippen LogP contribution >= 0.6 is 0 Å². The Hall–Kier alpha value is -2.30. The maximum absolute atomic E-state index is 5.81. The summed E-state index contributed by atoms with van der Waals surface area (Å²) in [5, 5.41) is 3.20. The van der Waals surface area contributed by atoms with E-state index in [9.17, 15) is 0 Å². The number of aryl methyl sites for hydroxylation is 3. The van der Waals surface area contributed by atoms with Crippen molar-refractivity contribution < 1.29 is 4.74 Å². The molecular weight excluding hydrogens is 276 g/mol. The van der Waals surface area contributed by atoms with Crippen LogP contribution in [0, 0.1) is 20.8 Å². The molecule has 1 aromatic heterocycles. The molecule has 2 rings (SSSR count). The highest BCUT2D eigenvalue weighted by Crippen LogP contribution is 2.19. The van der Waals surface area contributed by atoms with Crippen molar-refractivity contribution in [3.05, 3.63) is 41.1 Å². The normalized spacial score (nSPS) is 10.4. The number of ether oxygens (including phenoxy) is 1. The van der Waals surface area contributed by atoms with Gasteiger partial charge in [-0.1, -0.05) is 12.1 Å². The minimum Gasteiger partial charge on any atom is -0.491 e. The van der Waals surface area contributed by atoms with Gasteiger partial charge in [-0.3, -0.25) is 0 Å². The van der Waals surface area contributed by atoms with E-state index in [1.54, 1.807) is 0 Å². The number of hydrogen-bond acceptors (Lipinski definition) is 5. The Morgan fingerprint density at radius 3 is 2.64 bits per heavy atom. The van der Waals surface area contributed by atoms with Gasteiger partial charge in [0.2, 0.25) is 5.95 Å². The van der Waals surface area contributed by atoms with Crippen molar-refractivity contribution in [2.45, 2.75) is 20.8 Å². The molecule has 1 heterocycles. The van der Waals surface area contributed by atoms with Crippen molar-refractivity contribution >= 4 is 11.8 Å². The lowest BCUT2D eigenvalue weighted by Crippen LogP contribution is -2.17. The predicted octanol–water partition coefficient (Wildman–Crippen LogP) is 2.96. The first kappa shape index (κ1) is 16.1. The van der Waals surface area contributed by atoms with Gasteiger partial charge in [-0.25, -0.2) is 4.98 Å². The molecule has 0 bridgehead atoms. The zero-order chi connectivity index (χ0) is 16.1. The molecule has 22 heavy (non-hydrogen) atoms. The van der Waals surface area contributed by atoms with Gasteiger partial charge in [-0.2, -0.15) is 4.98 Å². The number of aromatic nitrogens is 2. The highest BCUT2D eigenvalue weighted by atomic mass is 16.5. The third-order valence-corrected chi connectivity index (χ3v) is 3.35. The van der Waals surface area contributed by atoms with Crippen LogP contribution in [0.1, 0.15) is 16.7 Å². The van der Waals surface area contributed by atoms with Gasteiger partial charge >= 0.3 is 0 Å². The summed E-state index contributed by atoms with van der Waals surface area (Å²) in [6.45, 7) is 7.34. The van der Waals surface area contributed by atoms with Gasteiger partial charge in [0.15, 0.2) is 0 Å². The Morgan fingerprint density at radius 1 is 1.14 bits per heavy atom. The smallest absolute Gasteiger partial charge is 0.224 e. The molecule has 0 aliphatic carbocycles. The number of hydrogen-bond donors (Lipinski definition) is 1. The molecule has 0 fully saturated rings. The van der Waals surface area contributed by atoms with Crippen LogP contribution in [0.25, 0.3) is 0 Å². The Labute approximate surface area is 132 Å². The van der Waals surface area contributed by atoms with E-state index in [1.165, 1.54) is 5.56 Å². The fourth-order valence-electron chi connectivity index (χ4n) is 2.16. The van der Waals surface area contributed by atoms with Gasteiger partial charge in [0.1, 0.15) is 18.2 Å². The molecule has 2 aromatic rings. The SMILES string of the molecule is Cc1ccc(C)c(OCCNc2ncc(C)c(N(C)C)n2)c1. The van der Waals surface area contributed by atoms with Crippen molar-refractivity contribution in [2.75, 3.05) is 37.5 Å². The number of rotatable bonds is 6. The average Bonchev–Trinajstić information content (AvgIpc) is 2.48. The molecule has 0 atom stereocenters. The topological polar surface area (TPSA) is 50.3 Å². The van der Waals surface area contributed by atoms with Crippen molar-refractivity contribution in [1.82, 2.24) is 9.97 Å². The third-order valence-electron chi connectivity index (χ3n) is 3.35. The van der Waals surface area contributed by atoms with Crippen LogP contribution in [-0.4, -0.2) is 37.2 Å². The van der Waals surface area contributed by atoms with Crippen LogP contribution in [0.5, 0.6) is 5.75 Å². The summed E-state index contributed by atoms with van der Waals surface area (Å²) < 4.78 is 5.81. The van der Waals surface area contributed by atoms with E-state index < -0.39 is 0 Å². The van der Waals surface area contributed by atoms with E-state index in [1.807, 2.05) is 32.1 Å². The molecular formula is C17H24N4O. The van der Waals surface area contributed by atoms with Crippen molar-refractivity contribution in [3.63, 3.8) is 0 Å². The first-order valence-electron chi connectivity index (χ1n) is 7.42. The molecule has 1 N–H and O–H groups in total. The monoisotopic (exact) mass is 300 g/mol. The van der Waals surface area contributed by atoms with Crippen LogP contribution in [0.3, 0.4) is 0 Å². The Kier molecular flexibility index (Phi) is 5.20.